The van der Waals surface area contributed by atoms with Gasteiger partial charge in [-0.3, -0.25) is 0 Å². The van der Waals surface area contributed by atoms with Crippen LogP contribution in [0, 0.1) is 18.4 Å². The largest absolute Gasteiger partial charge is 0.240 e. The molecule has 1 rings (SSSR count). The van der Waals surface area contributed by atoms with Crippen LogP contribution in [0.1, 0.15) is 18.9 Å². The van der Waals surface area contributed by atoms with Gasteiger partial charge in [0.05, 0.1) is 4.90 Å². The topological polar surface area (TPSA) is 46.2 Å². The summed E-state index contributed by atoms with van der Waals surface area (Å²) in [7, 11) is -4.84. The minimum absolute atomic E-state index is 0.190. The van der Waals surface area contributed by atoms with E-state index in [-0.39, 0.29) is 6.04 Å². The standard InChI is InChI=1S/C15H23NO2SSi/c1-13-8-10-15(11-9-13)19(17,18)16-14(2)7-6-12-20(3,4)5/h8-11,14,16H,7H2,1-5H3/t14-/m1/s1. The van der Waals surface area contributed by atoms with Gasteiger partial charge in [-0.2, -0.15) is 0 Å². The lowest BCUT2D eigenvalue weighted by Crippen LogP contribution is -2.32. The maximum atomic E-state index is 12.2. The minimum atomic E-state index is -3.45. The van der Waals surface area contributed by atoms with E-state index < -0.39 is 18.1 Å². The van der Waals surface area contributed by atoms with Gasteiger partial charge in [0, 0.05) is 12.5 Å². The van der Waals surface area contributed by atoms with E-state index in [2.05, 4.69) is 35.8 Å². The number of benzene rings is 1. The predicted octanol–water partition coefficient (Wildman–Crippen LogP) is 2.93. The fourth-order valence-electron chi connectivity index (χ4n) is 1.56. The van der Waals surface area contributed by atoms with Gasteiger partial charge in [-0.15, -0.1) is 11.5 Å². The minimum Gasteiger partial charge on any atom is -0.207 e. The number of aryl methyl sites for hydroxylation is 1. The lowest BCUT2D eigenvalue weighted by Gasteiger charge is -2.12. The van der Waals surface area contributed by atoms with E-state index in [1.165, 1.54) is 0 Å². The third-order valence-corrected chi connectivity index (χ3v) is 5.09. The molecule has 0 bridgehead atoms. The van der Waals surface area contributed by atoms with Crippen LogP contribution < -0.4 is 4.72 Å². The van der Waals surface area contributed by atoms with E-state index in [9.17, 15) is 8.42 Å². The summed E-state index contributed by atoms with van der Waals surface area (Å²) >= 11 is 0. The van der Waals surface area contributed by atoms with E-state index in [0.29, 0.717) is 11.3 Å². The van der Waals surface area contributed by atoms with E-state index in [0.717, 1.165) is 5.56 Å². The first kappa shape index (κ1) is 17.0. The molecular formula is C15H23NO2SSi. The van der Waals surface area contributed by atoms with Crippen molar-refractivity contribution in [2.45, 2.75) is 50.8 Å². The zero-order valence-electron chi connectivity index (χ0n) is 12.8. The van der Waals surface area contributed by atoms with Crippen molar-refractivity contribution in [2.24, 2.45) is 0 Å². The van der Waals surface area contributed by atoms with Crippen molar-refractivity contribution in [3.05, 3.63) is 29.8 Å². The first-order chi connectivity index (χ1) is 9.10. The molecule has 0 spiro atoms. The monoisotopic (exact) mass is 309 g/mol. The lowest BCUT2D eigenvalue weighted by atomic mass is 10.2. The van der Waals surface area contributed by atoms with Crippen LogP contribution in [0.5, 0.6) is 0 Å². The molecule has 3 nitrogen and oxygen atoms in total. The smallest absolute Gasteiger partial charge is 0.207 e. The molecule has 1 aromatic carbocycles. The van der Waals surface area contributed by atoms with Crippen molar-refractivity contribution in [3.63, 3.8) is 0 Å². The van der Waals surface area contributed by atoms with E-state index in [4.69, 9.17) is 0 Å². The Morgan fingerprint density at radius 2 is 1.75 bits per heavy atom. The highest BCUT2D eigenvalue weighted by molar-refractivity contribution is 7.89. The summed E-state index contributed by atoms with van der Waals surface area (Å²) in [4.78, 5) is 0.299. The van der Waals surface area contributed by atoms with E-state index in [1.54, 1.807) is 24.3 Å². The van der Waals surface area contributed by atoms with Crippen molar-refractivity contribution in [1.29, 1.82) is 0 Å². The van der Waals surface area contributed by atoms with Gasteiger partial charge in [-0.1, -0.05) is 37.3 Å². The predicted molar refractivity (Wildman–Crippen MR) is 86.7 cm³/mol. The molecule has 0 amide bonds. The summed E-state index contributed by atoms with van der Waals surface area (Å²) in [6.07, 6.45) is 0.537. The molecule has 1 N–H and O–H groups in total. The molecule has 0 aliphatic heterocycles. The number of hydrogen-bond donors (Lipinski definition) is 1. The maximum absolute atomic E-state index is 12.2. The van der Waals surface area contributed by atoms with Crippen molar-refractivity contribution in [2.75, 3.05) is 0 Å². The summed E-state index contributed by atoms with van der Waals surface area (Å²) in [6.45, 7) is 10.3. The van der Waals surface area contributed by atoms with Crippen LogP contribution in [0.2, 0.25) is 19.6 Å². The number of rotatable bonds is 4. The zero-order chi connectivity index (χ0) is 15.4. The molecule has 0 unspecified atom stereocenters. The van der Waals surface area contributed by atoms with Crippen LogP contribution in [-0.4, -0.2) is 22.5 Å². The Morgan fingerprint density at radius 3 is 2.25 bits per heavy atom. The summed E-state index contributed by atoms with van der Waals surface area (Å²) in [5, 5.41) is 0. The molecule has 5 heteroatoms. The molecule has 0 radical (unpaired) electrons. The van der Waals surface area contributed by atoms with Crippen molar-refractivity contribution in [3.8, 4) is 11.5 Å². The molecule has 0 saturated heterocycles. The maximum Gasteiger partial charge on any atom is 0.240 e. The number of sulfonamides is 1. The van der Waals surface area contributed by atoms with Crippen LogP contribution in [0.4, 0.5) is 0 Å². The van der Waals surface area contributed by atoms with Crippen LogP contribution >= 0.6 is 0 Å². The third kappa shape index (κ3) is 5.91. The Kier molecular flexibility index (Phi) is 5.57. The van der Waals surface area contributed by atoms with Gasteiger partial charge < -0.3 is 0 Å². The summed E-state index contributed by atoms with van der Waals surface area (Å²) in [5.74, 6) is 3.09. The number of hydrogen-bond acceptors (Lipinski definition) is 2. The summed E-state index contributed by atoms with van der Waals surface area (Å²) in [5.41, 5.74) is 4.28. The molecule has 20 heavy (non-hydrogen) atoms. The lowest BCUT2D eigenvalue weighted by molar-refractivity contribution is 0.563. The molecule has 0 aliphatic rings. The highest BCUT2D eigenvalue weighted by atomic mass is 32.2. The average Bonchev–Trinajstić information content (AvgIpc) is 2.26. The SMILES string of the molecule is Cc1ccc(S(=O)(=O)N[C@H](C)CC#C[Si](C)(C)C)cc1. The summed E-state index contributed by atoms with van der Waals surface area (Å²) in [6, 6.07) is 6.65. The van der Waals surface area contributed by atoms with Crippen LogP contribution in [0.3, 0.4) is 0 Å². The van der Waals surface area contributed by atoms with Crippen molar-refractivity contribution in [1.82, 2.24) is 4.72 Å². The average molecular weight is 310 g/mol. The second-order valence-corrected chi connectivity index (χ2v) is 12.6. The molecular weight excluding hydrogens is 286 g/mol. The second-order valence-electron chi connectivity index (χ2n) is 6.09. The van der Waals surface area contributed by atoms with Crippen molar-refractivity contribution >= 4 is 18.1 Å². The fourth-order valence-corrected chi connectivity index (χ4v) is 3.44. The molecule has 1 atom stereocenters. The Hall–Kier alpha value is -1.09. The summed E-state index contributed by atoms with van der Waals surface area (Å²) < 4.78 is 27.0. The Morgan fingerprint density at radius 1 is 1.20 bits per heavy atom. The first-order valence-corrected chi connectivity index (χ1v) is 11.7. The molecule has 0 saturated carbocycles. The molecule has 0 fully saturated rings. The van der Waals surface area contributed by atoms with Gasteiger partial charge >= 0.3 is 0 Å². The number of nitrogens with one attached hydrogen (secondary N) is 1. The van der Waals surface area contributed by atoms with Gasteiger partial charge in [0.2, 0.25) is 10.0 Å². The fraction of sp³-hybridized carbons (Fsp3) is 0.467. The Labute approximate surface area is 123 Å². The third-order valence-electron chi connectivity index (χ3n) is 2.56. The molecule has 1 aromatic rings. The van der Waals surface area contributed by atoms with Gasteiger partial charge in [-0.25, -0.2) is 13.1 Å². The molecule has 110 valence electrons. The van der Waals surface area contributed by atoms with E-state index in [1.807, 2.05) is 13.8 Å². The molecule has 0 aromatic heterocycles. The molecule has 0 aliphatic carbocycles. The van der Waals surface area contributed by atoms with Gasteiger partial charge in [0.25, 0.3) is 0 Å². The van der Waals surface area contributed by atoms with Crippen LogP contribution in [0.15, 0.2) is 29.2 Å². The van der Waals surface area contributed by atoms with Crippen molar-refractivity contribution < 1.29 is 8.42 Å². The van der Waals surface area contributed by atoms with Gasteiger partial charge in [0.15, 0.2) is 0 Å². The van der Waals surface area contributed by atoms with Crippen LogP contribution in [0.25, 0.3) is 0 Å². The second kappa shape index (κ2) is 6.57. The normalized spacial score (nSPS) is 13.4. The molecule has 0 heterocycles. The van der Waals surface area contributed by atoms with E-state index >= 15 is 0 Å². The first-order valence-electron chi connectivity index (χ1n) is 6.69. The Balaban J connectivity index is 2.71. The van der Waals surface area contributed by atoms with Gasteiger partial charge in [0.1, 0.15) is 8.07 Å². The van der Waals surface area contributed by atoms with Crippen LogP contribution in [-0.2, 0) is 10.0 Å². The van der Waals surface area contributed by atoms with Gasteiger partial charge in [-0.05, 0) is 26.0 Å². The zero-order valence-corrected chi connectivity index (χ0v) is 14.6. The quantitative estimate of drug-likeness (QED) is 0.686. The highest BCUT2D eigenvalue weighted by Crippen LogP contribution is 2.11. The Bertz CT molecular complexity index is 604. The highest BCUT2D eigenvalue weighted by Gasteiger charge is 2.16.